The van der Waals surface area contributed by atoms with E-state index in [2.05, 4.69) is 11.9 Å². The first kappa shape index (κ1) is 11.1. The Morgan fingerprint density at radius 2 is 2.20 bits per heavy atom. The molecule has 0 spiro atoms. The van der Waals surface area contributed by atoms with Crippen LogP contribution in [0.4, 0.5) is 0 Å². The molecule has 1 heterocycles. The van der Waals surface area contributed by atoms with E-state index in [-0.39, 0.29) is 6.10 Å². The highest BCUT2D eigenvalue weighted by Gasteiger charge is 2.24. The van der Waals surface area contributed by atoms with Crippen LogP contribution in [0.1, 0.15) is 37.5 Å². The molecule has 1 N–H and O–H groups in total. The standard InChI is InChI=1S/C12H19NOS/c1-9-2-4-10(5-3-9)12(14)6-11-7-13-8-15-11/h7-10,12,14H,2-6H2,1H3. The van der Waals surface area contributed by atoms with Crippen molar-refractivity contribution in [1.29, 1.82) is 0 Å². The zero-order valence-electron chi connectivity index (χ0n) is 9.22. The summed E-state index contributed by atoms with van der Waals surface area (Å²) in [5.74, 6) is 1.38. The average Bonchev–Trinajstić information content (AvgIpc) is 2.71. The molecule has 0 aliphatic heterocycles. The van der Waals surface area contributed by atoms with Gasteiger partial charge in [-0.2, -0.15) is 0 Å². The summed E-state index contributed by atoms with van der Waals surface area (Å²) in [6, 6.07) is 0. The van der Waals surface area contributed by atoms with E-state index in [1.54, 1.807) is 11.3 Å². The second kappa shape index (κ2) is 5.08. The Hall–Kier alpha value is -0.410. The molecule has 1 saturated carbocycles. The lowest BCUT2D eigenvalue weighted by Gasteiger charge is -2.29. The van der Waals surface area contributed by atoms with Crippen LogP contribution in [-0.2, 0) is 6.42 Å². The minimum Gasteiger partial charge on any atom is -0.392 e. The van der Waals surface area contributed by atoms with Crippen molar-refractivity contribution in [2.75, 3.05) is 0 Å². The van der Waals surface area contributed by atoms with E-state index in [0.29, 0.717) is 5.92 Å². The molecule has 3 heteroatoms. The molecular formula is C12H19NOS. The Bertz CT molecular complexity index is 278. The van der Waals surface area contributed by atoms with E-state index in [0.717, 1.165) is 12.3 Å². The van der Waals surface area contributed by atoms with Crippen LogP contribution < -0.4 is 0 Å². The molecule has 1 aromatic rings. The second-order valence-corrected chi connectivity index (χ2v) is 5.73. The van der Waals surface area contributed by atoms with Crippen molar-refractivity contribution in [3.8, 4) is 0 Å². The van der Waals surface area contributed by atoms with Crippen LogP contribution in [0.2, 0.25) is 0 Å². The van der Waals surface area contributed by atoms with Crippen LogP contribution in [0.5, 0.6) is 0 Å². The molecule has 0 bridgehead atoms. The molecule has 1 fully saturated rings. The molecule has 1 aliphatic carbocycles. The number of hydrogen-bond acceptors (Lipinski definition) is 3. The summed E-state index contributed by atoms with van der Waals surface area (Å²) < 4.78 is 0. The molecule has 1 atom stereocenters. The normalized spacial score (nSPS) is 28.9. The Morgan fingerprint density at radius 3 is 2.80 bits per heavy atom. The zero-order valence-corrected chi connectivity index (χ0v) is 10.0. The van der Waals surface area contributed by atoms with Crippen LogP contribution in [0.3, 0.4) is 0 Å². The van der Waals surface area contributed by atoms with E-state index in [9.17, 15) is 5.11 Å². The number of rotatable bonds is 3. The van der Waals surface area contributed by atoms with Gasteiger partial charge in [0.2, 0.25) is 0 Å². The van der Waals surface area contributed by atoms with Crippen molar-refractivity contribution in [1.82, 2.24) is 4.98 Å². The smallest absolute Gasteiger partial charge is 0.0794 e. The molecule has 15 heavy (non-hydrogen) atoms. The minimum atomic E-state index is -0.155. The highest BCUT2D eigenvalue weighted by atomic mass is 32.1. The predicted octanol–water partition coefficient (Wildman–Crippen LogP) is 2.87. The Kier molecular flexibility index (Phi) is 3.76. The van der Waals surface area contributed by atoms with Gasteiger partial charge >= 0.3 is 0 Å². The van der Waals surface area contributed by atoms with Crippen LogP contribution in [-0.4, -0.2) is 16.2 Å². The minimum absolute atomic E-state index is 0.155. The fourth-order valence-electron chi connectivity index (χ4n) is 2.39. The largest absolute Gasteiger partial charge is 0.392 e. The molecule has 1 unspecified atom stereocenters. The third-order valence-corrected chi connectivity index (χ3v) is 4.30. The zero-order chi connectivity index (χ0) is 10.7. The summed E-state index contributed by atoms with van der Waals surface area (Å²) in [6.45, 7) is 2.31. The van der Waals surface area contributed by atoms with Gasteiger partial charge in [-0.05, 0) is 24.7 Å². The summed E-state index contributed by atoms with van der Waals surface area (Å²) in [5.41, 5.74) is 1.84. The van der Waals surface area contributed by atoms with Crippen LogP contribution in [0, 0.1) is 11.8 Å². The number of aliphatic hydroxyl groups excluding tert-OH is 1. The van der Waals surface area contributed by atoms with Gasteiger partial charge < -0.3 is 5.11 Å². The van der Waals surface area contributed by atoms with Crippen molar-refractivity contribution in [2.45, 2.75) is 45.1 Å². The van der Waals surface area contributed by atoms with Crippen LogP contribution >= 0.6 is 11.3 Å². The van der Waals surface area contributed by atoms with Crippen LogP contribution in [0.15, 0.2) is 11.7 Å². The fourth-order valence-corrected chi connectivity index (χ4v) is 3.03. The summed E-state index contributed by atoms with van der Waals surface area (Å²) >= 11 is 1.64. The average molecular weight is 225 g/mol. The molecule has 0 aromatic carbocycles. The Labute approximate surface area is 95.4 Å². The number of thiazole rings is 1. The topological polar surface area (TPSA) is 33.1 Å². The maximum Gasteiger partial charge on any atom is 0.0794 e. The van der Waals surface area contributed by atoms with E-state index in [1.807, 2.05) is 11.7 Å². The van der Waals surface area contributed by atoms with Gasteiger partial charge in [0.25, 0.3) is 0 Å². The van der Waals surface area contributed by atoms with Gasteiger partial charge in [-0.3, -0.25) is 4.98 Å². The molecule has 0 amide bonds. The fraction of sp³-hybridized carbons (Fsp3) is 0.750. The summed E-state index contributed by atoms with van der Waals surface area (Å²) in [5, 5.41) is 10.1. The third kappa shape index (κ3) is 3.02. The van der Waals surface area contributed by atoms with Crippen molar-refractivity contribution in [2.24, 2.45) is 11.8 Å². The van der Waals surface area contributed by atoms with Gasteiger partial charge in [-0.15, -0.1) is 11.3 Å². The SMILES string of the molecule is CC1CCC(C(O)Cc2cncs2)CC1. The molecule has 84 valence electrons. The summed E-state index contributed by atoms with van der Waals surface area (Å²) in [7, 11) is 0. The number of aliphatic hydroxyl groups is 1. The molecule has 0 radical (unpaired) electrons. The Balaban J connectivity index is 1.83. The maximum absolute atomic E-state index is 10.1. The first-order valence-corrected chi connectivity index (χ1v) is 6.69. The number of nitrogens with zero attached hydrogens (tertiary/aromatic N) is 1. The third-order valence-electron chi connectivity index (χ3n) is 3.50. The molecular weight excluding hydrogens is 206 g/mol. The molecule has 2 rings (SSSR count). The van der Waals surface area contributed by atoms with E-state index in [1.165, 1.54) is 30.6 Å². The first-order chi connectivity index (χ1) is 7.25. The van der Waals surface area contributed by atoms with Gasteiger partial charge in [0, 0.05) is 17.5 Å². The van der Waals surface area contributed by atoms with Gasteiger partial charge in [-0.25, -0.2) is 0 Å². The van der Waals surface area contributed by atoms with Gasteiger partial charge in [0.1, 0.15) is 0 Å². The predicted molar refractivity (Wildman–Crippen MR) is 62.9 cm³/mol. The number of hydrogen-bond donors (Lipinski definition) is 1. The molecule has 1 aromatic heterocycles. The lowest BCUT2D eigenvalue weighted by atomic mass is 9.79. The van der Waals surface area contributed by atoms with Crippen LogP contribution in [0.25, 0.3) is 0 Å². The molecule has 2 nitrogen and oxygen atoms in total. The quantitative estimate of drug-likeness (QED) is 0.858. The van der Waals surface area contributed by atoms with Crippen molar-refractivity contribution in [3.05, 3.63) is 16.6 Å². The van der Waals surface area contributed by atoms with Gasteiger partial charge in [0.05, 0.1) is 11.6 Å². The highest BCUT2D eigenvalue weighted by Crippen LogP contribution is 2.31. The van der Waals surface area contributed by atoms with Crippen molar-refractivity contribution < 1.29 is 5.11 Å². The monoisotopic (exact) mass is 225 g/mol. The highest BCUT2D eigenvalue weighted by molar-refractivity contribution is 7.09. The number of aromatic nitrogens is 1. The van der Waals surface area contributed by atoms with Crippen molar-refractivity contribution in [3.63, 3.8) is 0 Å². The summed E-state index contributed by atoms with van der Waals surface area (Å²) in [6.07, 6.45) is 7.47. The van der Waals surface area contributed by atoms with E-state index >= 15 is 0 Å². The lowest BCUT2D eigenvalue weighted by Crippen LogP contribution is -2.26. The first-order valence-electron chi connectivity index (χ1n) is 5.81. The Morgan fingerprint density at radius 1 is 1.47 bits per heavy atom. The maximum atomic E-state index is 10.1. The second-order valence-electron chi connectivity index (χ2n) is 4.76. The summed E-state index contributed by atoms with van der Waals surface area (Å²) in [4.78, 5) is 5.25. The molecule has 0 saturated heterocycles. The van der Waals surface area contributed by atoms with Gasteiger partial charge in [-0.1, -0.05) is 19.8 Å². The van der Waals surface area contributed by atoms with E-state index in [4.69, 9.17) is 0 Å². The van der Waals surface area contributed by atoms with E-state index < -0.39 is 0 Å². The molecule has 1 aliphatic rings. The lowest BCUT2D eigenvalue weighted by molar-refractivity contribution is 0.0767. The van der Waals surface area contributed by atoms with Crippen molar-refractivity contribution >= 4 is 11.3 Å². The van der Waals surface area contributed by atoms with Gasteiger partial charge in [0.15, 0.2) is 0 Å².